The number of benzene rings is 4. The molecule has 1 heterocycles. The first kappa shape index (κ1) is 18.6. The van der Waals surface area contributed by atoms with E-state index in [0.29, 0.717) is 28.0 Å². The fourth-order valence-electron chi connectivity index (χ4n) is 3.82. The van der Waals surface area contributed by atoms with Crippen molar-refractivity contribution in [2.45, 2.75) is 0 Å². The van der Waals surface area contributed by atoms with Gasteiger partial charge >= 0.3 is 5.97 Å². The molecule has 0 saturated carbocycles. The molecule has 0 aliphatic carbocycles. The lowest BCUT2D eigenvalue weighted by Crippen LogP contribution is -2.13. The number of rotatable bonds is 4. The van der Waals surface area contributed by atoms with Gasteiger partial charge in [0, 0.05) is 28.1 Å². The quantitative estimate of drug-likeness (QED) is 0.371. The summed E-state index contributed by atoms with van der Waals surface area (Å²) < 4.78 is 5.90. The minimum atomic E-state index is -1.04. The van der Waals surface area contributed by atoms with Crippen molar-refractivity contribution < 1.29 is 19.1 Å². The number of para-hydroxylation sites is 1. The molecule has 0 aliphatic rings. The smallest absolute Gasteiger partial charge is 0.336 e. The molecule has 5 heteroatoms. The van der Waals surface area contributed by atoms with Crippen LogP contribution in [0.3, 0.4) is 0 Å². The van der Waals surface area contributed by atoms with Gasteiger partial charge in [-0.3, -0.25) is 4.79 Å². The number of anilines is 1. The predicted molar refractivity (Wildman–Crippen MR) is 121 cm³/mol. The van der Waals surface area contributed by atoms with Gasteiger partial charge in [-0.1, -0.05) is 54.6 Å². The second-order valence-electron chi connectivity index (χ2n) is 7.16. The Hall–Kier alpha value is -4.38. The fraction of sp³-hybridized carbons (Fsp3) is 0. The van der Waals surface area contributed by atoms with Gasteiger partial charge in [0.15, 0.2) is 0 Å². The number of hydrogen-bond donors (Lipinski definition) is 2. The van der Waals surface area contributed by atoms with Gasteiger partial charge in [0.25, 0.3) is 5.91 Å². The zero-order chi connectivity index (χ0) is 21.4. The summed E-state index contributed by atoms with van der Waals surface area (Å²) in [5.41, 5.74) is 3.65. The molecule has 0 bridgehead atoms. The van der Waals surface area contributed by atoms with E-state index in [0.717, 1.165) is 16.4 Å². The van der Waals surface area contributed by atoms with E-state index in [1.54, 1.807) is 48.5 Å². The van der Waals surface area contributed by atoms with Crippen LogP contribution in [0.4, 0.5) is 5.69 Å². The molecule has 5 nitrogen and oxygen atoms in total. The van der Waals surface area contributed by atoms with Crippen LogP contribution in [-0.4, -0.2) is 17.0 Å². The number of aromatic carboxylic acids is 1. The summed E-state index contributed by atoms with van der Waals surface area (Å²) in [5.74, 6) is -1.37. The van der Waals surface area contributed by atoms with Gasteiger partial charge in [-0.15, -0.1) is 0 Å². The summed E-state index contributed by atoms with van der Waals surface area (Å²) in [6.07, 6.45) is 0. The molecule has 31 heavy (non-hydrogen) atoms. The van der Waals surface area contributed by atoms with Gasteiger partial charge in [-0.2, -0.15) is 0 Å². The summed E-state index contributed by atoms with van der Waals surface area (Å²) in [4.78, 5) is 24.8. The lowest BCUT2D eigenvalue weighted by molar-refractivity contribution is 0.0697. The van der Waals surface area contributed by atoms with E-state index in [1.165, 1.54) is 6.07 Å². The van der Waals surface area contributed by atoms with Crippen molar-refractivity contribution in [3.63, 3.8) is 0 Å². The Balaban J connectivity index is 1.52. The number of carbonyl (C=O) groups excluding carboxylic acids is 1. The van der Waals surface area contributed by atoms with Crippen molar-refractivity contribution in [3.05, 3.63) is 102 Å². The van der Waals surface area contributed by atoms with Gasteiger partial charge in [-0.25, -0.2) is 4.79 Å². The van der Waals surface area contributed by atoms with Crippen LogP contribution in [0.2, 0.25) is 0 Å². The maximum atomic E-state index is 13.1. The van der Waals surface area contributed by atoms with Crippen molar-refractivity contribution in [2.24, 2.45) is 0 Å². The number of nitrogens with one attached hydrogen (secondary N) is 1. The molecule has 0 atom stereocenters. The highest BCUT2D eigenvalue weighted by atomic mass is 16.4. The highest BCUT2D eigenvalue weighted by molar-refractivity contribution is 6.12. The predicted octanol–water partition coefficient (Wildman–Crippen LogP) is 6.20. The lowest BCUT2D eigenvalue weighted by Gasteiger charge is -2.12. The van der Waals surface area contributed by atoms with Gasteiger partial charge in [0.1, 0.15) is 11.2 Å². The fourth-order valence-corrected chi connectivity index (χ4v) is 3.82. The molecule has 0 spiro atoms. The van der Waals surface area contributed by atoms with Crippen molar-refractivity contribution >= 4 is 39.5 Å². The molecule has 150 valence electrons. The van der Waals surface area contributed by atoms with E-state index in [4.69, 9.17) is 4.42 Å². The Kier molecular flexibility index (Phi) is 4.49. The molecule has 0 radical (unpaired) electrons. The zero-order valence-electron chi connectivity index (χ0n) is 16.3. The lowest BCUT2D eigenvalue weighted by atomic mass is 9.95. The number of carbonyl (C=O) groups is 2. The molecule has 0 fully saturated rings. The highest BCUT2D eigenvalue weighted by Crippen LogP contribution is 2.31. The first-order chi connectivity index (χ1) is 15.1. The van der Waals surface area contributed by atoms with Gasteiger partial charge in [0.05, 0.1) is 5.56 Å². The molecule has 0 aliphatic heterocycles. The minimum absolute atomic E-state index is 0.145. The van der Waals surface area contributed by atoms with Crippen LogP contribution >= 0.6 is 0 Å². The number of amides is 1. The highest BCUT2D eigenvalue weighted by Gasteiger charge is 2.18. The molecular formula is C26H17NO4. The summed E-state index contributed by atoms with van der Waals surface area (Å²) in [7, 11) is 0. The maximum Gasteiger partial charge on any atom is 0.336 e. The first-order valence-corrected chi connectivity index (χ1v) is 9.76. The number of furan rings is 1. The number of carboxylic acids is 1. The van der Waals surface area contributed by atoms with Gasteiger partial charge in [-0.05, 0) is 41.5 Å². The molecule has 5 aromatic rings. The Bertz CT molecular complexity index is 1470. The van der Waals surface area contributed by atoms with Crippen LogP contribution in [0, 0.1) is 0 Å². The van der Waals surface area contributed by atoms with Crippen molar-refractivity contribution in [2.75, 3.05) is 5.32 Å². The average Bonchev–Trinajstić information content (AvgIpc) is 3.16. The second kappa shape index (κ2) is 7.46. The third-order valence-corrected chi connectivity index (χ3v) is 5.26. The second-order valence-corrected chi connectivity index (χ2v) is 7.16. The van der Waals surface area contributed by atoms with E-state index in [-0.39, 0.29) is 11.5 Å². The van der Waals surface area contributed by atoms with Gasteiger partial charge < -0.3 is 14.8 Å². The summed E-state index contributed by atoms with van der Waals surface area (Å²) >= 11 is 0. The first-order valence-electron chi connectivity index (χ1n) is 9.76. The zero-order valence-corrected chi connectivity index (χ0v) is 16.3. The Morgan fingerprint density at radius 1 is 0.677 bits per heavy atom. The number of carboxylic acid groups (broad SMARTS) is 1. The van der Waals surface area contributed by atoms with Crippen molar-refractivity contribution in [3.8, 4) is 11.1 Å². The molecule has 0 saturated heterocycles. The molecule has 1 aromatic heterocycles. The van der Waals surface area contributed by atoms with Crippen molar-refractivity contribution in [1.82, 2.24) is 0 Å². The van der Waals surface area contributed by atoms with Crippen LogP contribution in [-0.2, 0) is 0 Å². The van der Waals surface area contributed by atoms with Crippen LogP contribution in [0.15, 0.2) is 95.4 Å². The molecular weight excluding hydrogens is 390 g/mol. The van der Waals surface area contributed by atoms with Crippen LogP contribution < -0.4 is 5.32 Å². The normalized spacial score (nSPS) is 11.0. The number of hydrogen-bond acceptors (Lipinski definition) is 3. The number of fused-ring (bicyclic) bond motifs is 3. The Labute approximate surface area is 177 Å². The van der Waals surface area contributed by atoms with Crippen molar-refractivity contribution in [1.29, 1.82) is 0 Å². The standard InChI is InChI=1S/C26H17NO4/c28-25(21-10-3-1-7-17(21)18-8-2-4-11-22(18)26(29)30)27-16-13-14-20-19-9-5-6-12-23(19)31-24(20)15-16/h1-15H,(H,27,28)(H,29,30). The molecule has 1 amide bonds. The van der Waals surface area contributed by atoms with Crippen LogP contribution in [0.25, 0.3) is 33.1 Å². The van der Waals surface area contributed by atoms with E-state index in [9.17, 15) is 14.7 Å². The molecule has 2 N–H and O–H groups in total. The van der Waals surface area contributed by atoms with Gasteiger partial charge in [0.2, 0.25) is 0 Å². The third kappa shape index (κ3) is 3.32. The van der Waals surface area contributed by atoms with E-state index >= 15 is 0 Å². The Morgan fingerprint density at radius 3 is 2.06 bits per heavy atom. The van der Waals surface area contributed by atoms with E-state index < -0.39 is 5.97 Å². The molecule has 4 aromatic carbocycles. The third-order valence-electron chi connectivity index (χ3n) is 5.26. The molecule has 5 rings (SSSR count). The average molecular weight is 407 g/mol. The summed E-state index contributed by atoms with van der Waals surface area (Å²) in [6, 6.07) is 26.9. The van der Waals surface area contributed by atoms with Crippen LogP contribution in [0.5, 0.6) is 0 Å². The summed E-state index contributed by atoms with van der Waals surface area (Å²) in [5, 5.41) is 14.4. The summed E-state index contributed by atoms with van der Waals surface area (Å²) in [6.45, 7) is 0. The Morgan fingerprint density at radius 2 is 1.29 bits per heavy atom. The monoisotopic (exact) mass is 407 g/mol. The minimum Gasteiger partial charge on any atom is -0.478 e. The topological polar surface area (TPSA) is 79.5 Å². The molecule has 0 unspecified atom stereocenters. The largest absolute Gasteiger partial charge is 0.478 e. The van der Waals surface area contributed by atoms with E-state index in [2.05, 4.69) is 5.32 Å². The van der Waals surface area contributed by atoms with E-state index in [1.807, 2.05) is 36.4 Å². The maximum absolute atomic E-state index is 13.1. The van der Waals surface area contributed by atoms with Crippen LogP contribution in [0.1, 0.15) is 20.7 Å². The SMILES string of the molecule is O=C(O)c1ccccc1-c1ccccc1C(=O)Nc1ccc2c(c1)oc1ccccc12.